The Kier molecular flexibility index (Phi) is 7.73. The fourth-order valence-corrected chi connectivity index (χ4v) is 7.84. The molecule has 216 valence electrons. The Bertz CT molecular complexity index is 1200. The third-order valence-electron chi connectivity index (χ3n) is 10.0. The smallest absolute Gasteiger partial charge is 0.246 e. The first-order chi connectivity index (χ1) is 19.0. The Balaban J connectivity index is 1.42. The number of rotatable bonds is 5. The lowest BCUT2D eigenvalue weighted by molar-refractivity contribution is -0.151. The molecule has 5 rings (SSSR count). The first kappa shape index (κ1) is 28.6. The molecule has 1 aromatic carbocycles. The summed E-state index contributed by atoms with van der Waals surface area (Å²) in [6.07, 6.45) is 6.52. The highest BCUT2D eigenvalue weighted by atomic mass is 16.2. The molecule has 3 amide bonds. The minimum Gasteiger partial charge on any atom is -0.332 e. The number of hydrogen-bond donors (Lipinski definition) is 1. The third-order valence-corrected chi connectivity index (χ3v) is 10.0. The first-order valence-electron chi connectivity index (χ1n) is 15.1. The number of carbonyl (C=O) groups excluding carboxylic acids is 3. The number of nitrogens with one attached hydrogen (secondary N) is 1. The maximum absolute atomic E-state index is 14.4. The van der Waals surface area contributed by atoms with Gasteiger partial charge in [0.1, 0.15) is 12.1 Å². The number of anilines is 1. The van der Waals surface area contributed by atoms with Gasteiger partial charge in [-0.3, -0.25) is 19.3 Å². The normalized spacial score (nSPS) is 30.8. The molecule has 0 unspecified atom stereocenters. The minimum absolute atomic E-state index is 0.000142. The summed E-state index contributed by atoms with van der Waals surface area (Å²) in [5.41, 5.74) is 0.419. The van der Waals surface area contributed by atoms with Gasteiger partial charge in [-0.05, 0) is 54.7 Å². The molecule has 0 radical (unpaired) electrons. The summed E-state index contributed by atoms with van der Waals surface area (Å²) in [5.74, 6) is 0.829. The van der Waals surface area contributed by atoms with Crippen molar-refractivity contribution in [3.8, 4) is 6.07 Å². The summed E-state index contributed by atoms with van der Waals surface area (Å²) in [4.78, 5) is 47.4. The predicted molar refractivity (Wildman–Crippen MR) is 154 cm³/mol. The average Bonchev–Trinajstić information content (AvgIpc) is 3.47. The van der Waals surface area contributed by atoms with Gasteiger partial charge >= 0.3 is 0 Å². The maximum Gasteiger partial charge on any atom is 0.246 e. The molecule has 1 saturated carbocycles. The standard InChI is InChI=1S/C32H45N5O3/c1-6-36-19-22-12-8-7-11-21(22)15-26(36)28(38)35(5)27(17-31(2,3)4)29(39)37-20-32(16-23(37)18-33)24-13-9-10-14-25(24)34-30(32)40/h9-10,13-14,21-23,26-27H,6-8,11-12,15-17,19-20H2,1-5H3,(H,34,40)/t21-,22+,23-,26-,27-,32-/m0/s1. The van der Waals surface area contributed by atoms with E-state index in [-0.39, 0.29) is 42.1 Å². The number of piperidine rings is 1. The largest absolute Gasteiger partial charge is 0.332 e. The fraction of sp³-hybridized carbons (Fsp3) is 0.688. The Morgan fingerprint density at radius 3 is 2.58 bits per heavy atom. The van der Waals surface area contributed by atoms with Crippen LogP contribution in [-0.2, 0) is 19.8 Å². The van der Waals surface area contributed by atoms with Crippen molar-refractivity contribution in [2.45, 2.75) is 96.2 Å². The van der Waals surface area contributed by atoms with Crippen molar-refractivity contribution in [3.05, 3.63) is 29.8 Å². The molecular weight excluding hydrogens is 502 g/mol. The van der Waals surface area contributed by atoms with E-state index in [0.29, 0.717) is 18.3 Å². The van der Waals surface area contributed by atoms with E-state index in [1.807, 2.05) is 24.3 Å². The van der Waals surface area contributed by atoms with Crippen LogP contribution >= 0.6 is 0 Å². The molecule has 2 saturated heterocycles. The number of fused-ring (bicyclic) bond motifs is 3. The molecule has 8 nitrogen and oxygen atoms in total. The summed E-state index contributed by atoms with van der Waals surface area (Å²) in [6, 6.07) is 8.18. The molecule has 3 aliphatic heterocycles. The zero-order chi connectivity index (χ0) is 28.8. The highest BCUT2D eigenvalue weighted by Gasteiger charge is 2.57. The van der Waals surface area contributed by atoms with Crippen molar-refractivity contribution >= 4 is 23.4 Å². The number of likely N-dealkylation sites (N-methyl/N-ethyl adjacent to an activating group) is 2. The van der Waals surface area contributed by atoms with Gasteiger partial charge in [0.25, 0.3) is 0 Å². The summed E-state index contributed by atoms with van der Waals surface area (Å²) in [6.45, 7) is 10.2. The van der Waals surface area contributed by atoms with Crippen molar-refractivity contribution in [1.29, 1.82) is 5.26 Å². The van der Waals surface area contributed by atoms with Gasteiger partial charge in [0, 0.05) is 32.2 Å². The van der Waals surface area contributed by atoms with Crippen molar-refractivity contribution in [1.82, 2.24) is 14.7 Å². The van der Waals surface area contributed by atoms with Crippen LogP contribution in [0.2, 0.25) is 0 Å². The maximum atomic E-state index is 14.4. The van der Waals surface area contributed by atoms with Crippen molar-refractivity contribution < 1.29 is 14.4 Å². The van der Waals surface area contributed by atoms with Crippen LogP contribution in [0.15, 0.2) is 24.3 Å². The SMILES string of the molecule is CCN1C[C@H]2CCCC[C@H]2C[C@H]1C(=O)N(C)[C@@H](CC(C)(C)C)C(=O)N1C[C@]2(C[C@H]1C#N)C(=O)Nc1ccccc12. The number of likely N-dealkylation sites (tertiary alicyclic amines) is 2. The molecule has 1 aromatic rings. The number of hydrogen-bond acceptors (Lipinski definition) is 5. The average molecular weight is 548 g/mol. The third kappa shape index (κ3) is 5.02. The zero-order valence-corrected chi connectivity index (χ0v) is 24.8. The fourth-order valence-electron chi connectivity index (χ4n) is 7.84. The lowest BCUT2D eigenvalue weighted by Gasteiger charge is -2.47. The molecule has 3 heterocycles. The lowest BCUT2D eigenvalue weighted by Crippen LogP contribution is -2.59. The number of para-hydroxylation sites is 1. The summed E-state index contributed by atoms with van der Waals surface area (Å²) in [5, 5.41) is 13.1. The Morgan fingerprint density at radius 1 is 1.20 bits per heavy atom. The molecular formula is C32H45N5O3. The number of benzene rings is 1. The lowest BCUT2D eigenvalue weighted by atomic mass is 9.72. The highest BCUT2D eigenvalue weighted by Crippen LogP contribution is 2.47. The second-order valence-electron chi connectivity index (χ2n) is 13.8. The van der Waals surface area contributed by atoms with Crippen LogP contribution in [0.3, 0.4) is 0 Å². The van der Waals surface area contributed by atoms with E-state index in [1.54, 1.807) is 16.8 Å². The number of amides is 3. The zero-order valence-electron chi connectivity index (χ0n) is 24.8. The van der Waals surface area contributed by atoms with Gasteiger partial charge in [-0.2, -0.15) is 5.26 Å². The van der Waals surface area contributed by atoms with Crippen LogP contribution in [0.25, 0.3) is 0 Å². The summed E-state index contributed by atoms with van der Waals surface area (Å²) in [7, 11) is 1.77. The van der Waals surface area contributed by atoms with Crippen LogP contribution in [0.1, 0.15) is 78.2 Å². The van der Waals surface area contributed by atoms with Crippen molar-refractivity contribution in [2.75, 3.05) is 32.0 Å². The molecule has 1 N–H and O–H groups in total. The van der Waals surface area contributed by atoms with E-state index < -0.39 is 17.5 Å². The van der Waals surface area contributed by atoms with E-state index in [4.69, 9.17) is 0 Å². The molecule has 1 aliphatic carbocycles. The summed E-state index contributed by atoms with van der Waals surface area (Å²) >= 11 is 0. The van der Waals surface area contributed by atoms with Crippen LogP contribution in [-0.4, -0.2) is 77.2 Å². The molecule has 8 heteroatoms. The van der Waals surface area contributed by atoms with Gasteiger partial charge in [-0.25, -0.2) is 0 Å². The first-order valence-corrected chi connectivity index (χ1v) is 15.1. The quantitative estimate of drug-likeness (QED) is 0.597. The van der Waals surface area contributed by atoms with Gasteiger partial charge in [0.2, 0.25) is 17.7 Å². The van der Waals surface area contributed by atoms with Crippen LogP contribution in [0, 0.1) is 28.6 Å². The Morgan fingerprint density at radius 2 is 1.90 bits per heavy atom. The number of nitrogens with zero attached hydrogens (tertiary/aromatic N) is 4. The van der Waals surface area contributed by atoms with Gasteiger partial charge in [0.05, 0.1) is 17.5 Å². The Labute approximate surface area is 239 Å². The molecule has 1 spiro atoms. The molecule has 0 aromatic heterocycles. The highest BCUT2D eigenvalue weighted by molar-refractivity contribution is 6.07. The van der Waals surface area contributed by atoms with Crippen LogP contribution < -0.4 is 5.32 Å². The van der Waals surface area contributed by atoms with Crippen molar-refractivity contribution in [3.63, 3.8) is 0 Å². The van der Waals surface area contributed by atoms with Crippen LogP contribution in [0.5, 0.6) is 0 Å². The van der Waals surface area contributed by atoms with Gasteiger partial charge in [-0.1, -0.05) is 65.2 Å². The minimum atomic E-state index is -0.945. The monoisotopic (exact) mass is 547 g/mol. The number of nitriles is 1. The van der Waals surface area contributed by atoms with Crippen molar-refractivity contribution in [2.24, 2.45) is 17.3 Å². The predicted octanol–water partition coefficient (Wildman–Crippen LogP) is 4.16. The second-order valence-corrected chi connectivity index (χ2v) is 13.8. The topological polar surface area (TPSA) is 96.8 Å². The van der Waals surface area contributed by atoms with Gasteiger partial charge in [0.15, 0.2) is 0 Å². The van der Waals surface area contributed by atoms with E-state index in [9.17, 15) is 19.6 Å². The van der Waals surface area contributed by atoms with E-state index >= 15 is 0 Å². The molecule has 4 aliphatic rings. The van der Waals surface area contributed by atoms with E-state index in [2.05, 4.69) is 44.0 Å². The number of carbonyl (C=O) groups is 3. The second kappa shape index (κ2) is 10.8. The molecule has 6 atom stereocenters. The van der Waals surface area contributed by atoms with Gasteiger partial charge in [-0.15, -0.1) is 0 Å². The van der Waals surface area contributed by atoms with Crippen LogP contribution in [0.4, 0.5) is 5.69 Å². The summed E-state index contributed by atoms with van der Waals surface area (Å²) < 4.78 is 0. The molecule has 3 fully saturated rings. The molecule has 0 bridgehead atoms. The van der Waals surface area contributed by atoms with E-state index in [1.165, 1.54) is 25.7 Å². The van der Waals surface area contributed by atoms with Gasteiger partial charge < -0.3 is 15.1 Å². The van der Waals surface area contributed by atoms with E-state index in [0.717, 1.165) is 30.8 Å². The Hall–Kier alpha value is -2.92. The molecule has 40 heavy (non-hydrogen) atoms.